The van der Waals surface area contributed by atoms with Crippen molar-refractivity contribution in [2.24, 2.45) is 5.73 Å². The topological polar surface area (TPSA) is 63.4 Å². The summed E-state index contributed by atoms with van der Waals surface area (Å²) in [5.41, 5.74) is 6.83. The Morgan fingerprint density at radius 2 is 1.46 bits per heavy atom. The number of urea groups is 1. The number of hydrogen-bond donors (Lipinski definition) is 1. The molecule has 3 amide bonds. The largest absolute Gasteiger partial charge is 0.351 e. The summed E-state index contributed by atoms with van der Waals surface area (Å²) in [6.45, 7) is 6.22. The highest BCUT2D eigenvalue weighted by atomic mass is 35.5. The smallest absolute Gasteiger partial charge is 0.326 e. The fourth-order valence-corrected chi connectivity index (χ4v) is 2.83. The van der Waals surface area contributed by atoms with Crippen molar-refractivity contribution < 1.29 is 9.59 Å². The summed E-state index contributed by atoms with van der Waals surface area (Å²) in [6.07, 6.45) is 0. The quantitative estimate of drug-likeness (QED) is 0.813. The average molecular weight is 365 g/mol. The first-order chi connectivity index (χ1) is 11.1. The number of hydrogen-bond acceptors (Lipinski definition) is 2. The van der Waals surface area contributed by atoms with Crippen molar-refractivity contribution in [2.75, 3.05) is 4.90 Å². The first-order valence-electron chi connectivity index (χ1n) is 7.31. The van der Waals surface area contributed by atoms with E-state index >= 15 is 0 Å². The van der Waals surface area contributed by atoms with Crippen LogP contribution in [-0.2, 0) is 5.41 Å². The lowest BCUT2D eigenvalue weighted by Crippen LogP contribution is -2.41. The third-order valence-corrected chi connectivity index (χ3v) is 4.22. The van der Waals surface area contributed by atoms with Gasteiger partial charge in [-0.25, -0.2) is 9.69 Å². The van der Waals surface area contributed by atoms with Gasteiger partial charge in [-0.05, 0) is 35.2 Å². The standard InChI is InChI=1S/C18H18Cl2N2O2/c1-18(2,3)11-7-9-12(10-8-11)22(17(21)24)16(23)15-13(19)5-4-6-14(15)20/h4-10H,1-3H3,(H2,21,24). The van der Waals surface area contributed by atoms with Gasteiger partial charge in [0.1, 0.15) is 0 Å². The van der Waals surface area contributed by atoms with Crippen molar-refractivity contribution in [3.05, 3.63) is 63.6 Å². The number of carbonyl (C=O) groups excluding carboxylic acids is 2. The maximum absolute atomic E-state index is 12.8. The molecule has 2 rings (SSSR count). The zero-order chi connectivity index (χ0) is 18.1. The zero-order valence-corrected chi connectivity index (χ0v) is 15.2. The lowest BCUT2D eigenvalue weighted by atomic mass is 9.87. The molecule has 0 saturated heterocycles. The summed E-state index contributed by atoms with van der Waals surface area (Å²) in [5, 5.41) is 0.315. The van der Waals surface area contributed by atoms with Gasteiger partial charge in [-0.2, -0.15) is 0 Å². The van der Waals surface area contributed by atoms with E-state index in [9.17, 15) is 9.59 Å². The number of nitrogens with two attached hydrogens (primary N) is 1. The molecule has 0 spiro atoms. The minimum Gasteiger partial charge on any atom is -0.351 e. The van der Waals surface area contributed by atoms with Crippen LogP contribution in [0.2, 0.25) is 10.0 Å². The lowest BCUT2D eigenvalue weighted by molar-refractivity contribution is 0.0995. The number of rotatable bonds is 2. The van der Waals surface area contributed by atoms with Gasteiger partial charge < -0.3 is 5.73 Å². The van der Waals surface area contributed by atoms with E-state index in [-0.39, 0.29) is 21.0 Å². The van der Waals surface area contributed by atoms with Gasteiger partial charge >= 0.3 is 6.03 Å². The van der Waals surface area contributed by atoms with Crippen molar-refractivity contribution in [2.45, 2.75) is 26.2 Å². The second kappa shape index (κ2) is 6.83. The molecule has 0 aliphatic heterocycles. The van der Waals surface area contributed by atoms with Gasteiger partial charge in [-0.1, -0.05) is 62.2 Å². The van der Waals surface area contributed by atoms with E-state index in [1.807, 2.05) is 12.1 Å². The van der Waals surface area contributed by atoms with Gasteiger partial charge in [-0.3, -0.25) is 4.79 Å². The Labute approximate surface area is 151 Å². The highest BCUT2D eigenvalue weighted by Crippen LogP contribution is 2.29. The normalized spacial score (nSPS) is 11.2. The van der Waals surface area contributed by atoms with Gasteiger partial charge in [0.15, 0.2) is 0 Å². The maximum Gasteiger partial charge on any atom is 0.326 e. The van der Waals surface area contributed by atoms with Gasteiger partial charge in [0.25, 0.3) is 5.91 Å². The minimum atomic E-state index is -0.903. The maximum atomic E-state index is 12.8. The Morgan fingerprint density at radius 3 is 1.88 bits per heavy atom. The number of amides is 3. The van der Waals surface area contributed by atoms with Crippen LogP contribution in [0.1, 0.15) is 36.7 Å². The van der Waals surface area contributed by atoms with Crippen molar-refractivity contribution in [1.29, 1.82) is 0 Å². The number of carbonyl (C=O) groups is 2. The number of anilines is 1. The average Bonchev–Trinajstić information content (AvgIpc) is 2.46. The molecule has 4 nitrogen and oxygen atoms in total. The van der Waals surface area contributed by atoms with Crippen molar-refractivity contribution >= 4 is 40.8 Å². The van der Waals surface area contributed by atoms with Crippen LogP contribution in [-0.4, -0.2) is 11.9 Å². The first-order valence-corrected chi connectivity index (χ1v) is 8.07. The molecular weight excluding hydrogens is 347 g/mol. The molecule has 0 heterocycles. The summed E-state index contributed by atoms with van der Waals surface area (Å²) in [6, 6.07) is 10.8. The van der Waals surface area contributed by atoms with Gasteiger partial charge in [-0.15, -0.1) is 0 Å². The van der Waals surface area contributed by atoms with Crippen LogP contribution in [0.5, 0.6) is 0 Å². The third-order valence-electron chi connectivity index (χ3n) is 3.59. The highest BCUT2D eigenvalue weighted by molar-refractivity contribution is 6.41. The van der Waals surface area contributed by atoms with Gasteiger partial charge in [0, 0.05) is 0 Å². The molecule has 0 fully saturated rings. The third kappa shape index (κ3) is 3.71. The molecule has 0 atom stereocenters. The van der Waals surface area contributed by atoms with Crippen LogP contribution in [0.25, 0.3) is 0 Å². The predicted octanol–water partition coefficient (Wildman–Crippen LogP) is 5.02. The molecule has 0 bridgehead atoms. The van der Waals surface area contributed by atoms with E-state index < -0.39 is 11.9 Å². The summed E-state index contributed by atoms with van der Waals surface area (Å²) in [4.78, 5) is 25.5. The molecule has 0 unspecified atom stereocenters. The SMILES string of the molecule is CC(C)(C)c1ccc(N(C(N)=O)C(=O)c2c(Cl)cccc2Cl)cc1. The van der Waals surface area contributed by atoms with Crippen LogP contribution < -0.4 is 10.6 Å². The van der Waals surface area contributed by atoms with Crippen LogP contribution in [0.15, 0.2) is 42.5 Å². The number of benzene rings is 2. The first kappa shape index (κ1) is 18.3. The summed E-state index contributed by atoms with van der Waals surface area (Å²) in [7, 11) is 0. The van der Waals surface area contributed by atoms with Crippen molar-refractivity contribution in [3.8, 4) is 0 Å². The van der Waals surface area contributed by atoms with Gasteiger partial charge in [0.05, 0.1) is 21.3 Å². The summed E-state index contributed by atoms with van der Waals surface area (Å²) in [5.74, 6) is -0.665. The molecule has 0 aliphatic rings. The monoisotopic (exact) mass is 364 g/mol. The highest BCUT2D eigenvalue weighted by Gasteiger charge is 2.27. The number of nitrogens with zero attached hydrogens (tertiary/aromatic N) is 1. The van der Waals surface area contributed by atoms with E-state index in [0.717, 1.165) is 10.5 Å². The molecule has 0 aromatic heterocycles. The molecular formula is C18H18Cl2N2O2. The van der Waals surface area contributed by atoms with E-state index in [1.54, 1.807) is 18.2 Å². The van der Waals surface area contributed by atoms with Crippen molar-refractivity contribution in [1.82, 2.24) is 0 Å². The Balaban J connectivity index is 2.47. The molecule has 2 N–H and O–H groups in total. The van der Waals surface area contributed by atoms with E-state index in [2.05, 4.69) is 20.8 Å². The minimum absolute atomic E-state index is 0.0412. The Kier molecular flexibility index (Phi) is 5.21. The second-order valence-electron chi connectivity index (χ2n) is 6.37. The molecule has 24 heavy (non-hydrogen) atoms. The zero-order valence-electron chi connectivity index (χ0n) is 13.6. The van der Waals surface area contributed by atoms with Crippen molar-refractivity contribution in [3.63, 3.8) is 0 Å². The lowest BCUT2D eigenvalue weighted by Gasteiger charge is -2.23. The van der Waals surface area contributed by atoms with E-state index in [1.165, 1.54) is 12.1 Å². The Bertz CT molecular complexity index is 760. The summed E-state index contributed by atoms with van der Waals surface area (Å²) >= 11 is 12.1. The van der Waals surface area contributed by atoms with Crippen LogP contribution in [0.4, 0.5) is 10.5 Å². The van der Waals surface area contributed by atoms with Crippen LogP contribution in [0.3, 0.4) is 0 Å². The molecule has 0 saturated carbocycles. The predicted molar refractivity (Wildman–Crippen MR) is 98.0 cm³/mol. The van der Waals surface area contributed by atoms with Crippen LogP contribution in [0, 0.1) is 0 Å². The molecule has 2 aromatic rings. The van der Waals surface area contributed by atoms with E-state index in [4.69, 9.17) is 28.9 Å². The molecule has 0 aliphatic carbocycles. The number of primary amides is 1. The number of imide groups is 1. The Hall–Kier alpha value is -2.04. The van der Waals surface area contributed by atoms with E-state index in [0.29, 0.717) is 5.69 Å². The fraction of sp³-hybridized carbons (Fsp3) is 0.222. The molecule has 2 aromatic carbocycles. The molecule has 126 valence electrons. The fourth-order valence-electron chi connectivity index (χ4n) is 2.27. The molecule has 0 radical (unpaired) electrons. The number of halogens is 2. The summed E-state index contributed by atoms with van der Waals surface area (Å²) < 4.78 is 0. The molecule has 6 heteroatoms. The second-order valence-corrected chi connectivity index (χ2v) is 7.19. The van der Waals surface area contributed by atoms with Crippen LogP contribution >= 0.6 is 23.2 Å². The Morgan fingerprint density at radius 1 is 0.958 bits per heavy atom. The van der Waals surface area contributed by atoms with Gasteiger partial charge in [0.2, 0.25) is 0 Å².